The highest BCUT2D eigenvalue weighted by atomic mass is 32.2. The molecule has 0 atom stereocenters. The number of hydrogen-bond donors (Lipinski definition) is 0. The number of carbonyl (C=O) groups is 2. The van der Waals surface area contributed by atoms with E-state index < -0.39 is 0 Å². The van der Waals surface area contributed by atoms with E-state index in [-0.39, 0.29) is 11.8 Å². The molecule has 1 aliphatic rings. The first-order valence-corrected chi connectivity index (χ1v) is 10.5. The lowest BCUT2D eigenvalue weighted by atomic mass is 10.1. The zero-order valence-electron chi connectivity index (χ0n) is 14.8. The van der Waals surface area contributed by atoms with Gasteiger partial charge in [-0.25, -0.2) is 0 Å². The van der Waals surface area contributed by atoms with Crippen LogP contribution in [0.2, 0.25) is 0 Å². The maximum atomic E-state index is 12.3. The normalized spacial score (nSPS) is 13.4. The molecule has 0 N–H and O–H groups in total. The molecule has 0 unspecified atom stereocenters. The van der Waals surface area contributed by atoms with Gasteiger partial charge in [-0.2, -0.15) is 0 Å². The van der Waals surface area contributed by atoms with Gasteiger partial charge in [0.2, 0.25) is 0 Å². The van der Waals surface area contributed by atoms with Gasteiger partial charge in [-0.15, -0.1) is 21.5 Å². The van der Waals surface area contributed by atoms with Gasteiger partial charge < -0.3 is 4.57 Å². The number of thiophene rings is 1. The second-order valence-corrected chi connectivity index (χ2v) is 8.22. The van der Waals surface area contributed by atoms with Crippen molar-refractivity contribution in [1.82, 2.24) is 19.7 Å². The first-order valence-electron chi connectivity index (χ1n) is 8.68. The molecule has 0 saturated heterocycles. The van der Waals surface area contributed by atoms with Crippen molar-refractivity contribution in [3.8, 4) is 10.7 Å². The Morgan fingerprint density at radius 2 is 1.74 bits per heavy atom. The molecule has 1 aliphatic heterocycles. The van der Waals surface area contributed by atoms with E-state index >= 15 is 0 Å². The second-order valence-electron chi connectivity index (χ2n) is 6.21. The molecule has 4 rings (SSSR count). The number of unbranched alkanes of at least 4 members (excludes halogenated alkanes) is 1. The maximum absolute atomic E-state index is 12.3. The summed E-state index contributed by atoms with van der Waals surface area (Å²) in [6.45, 7) is 0.451. The van der Waals surface area contributed by atoms with Crippen LogP contribution in [-0.4, -0.2) is 43.8 Å². The molecule has 6 nitrogen and oxygen atoms in total. The summed E-state index contributed by atoms with van der Waals surface area (Å²) in [6.07, 6.45) is 1.66. The van der Waals surface area contributed by atoms with Crippen molar-refractivity contribution in [3.05, 3.63) is 52.9 Å². The largest absolute Gasteiger partial charge is 0.305 e. The Hall–Kier alpha value is -2.45. The number of nitrogens with zero attached hydrogens (tertiary/aromatic N) is 4. The van der Waals surface area contributed by atoms with E-state index in [2.05, 4.69) is 10.2 Å². The van der Waals surface area contributed by atoms with Crippen LogP contribution in [-0.2, 0) is 7.05 Å². The third kappa shape index (κ3) is 3.42. The third-order valence-electron chi connectivity index (χ3n) is 4.46. The van der Waals surface area contributed by atoms with Gasteiger partial charge in [0.15, 0.2) is 11.0 Å². The molecule has 0 saturated carbocycles. The van der Waals surface area contributed by atoms with Gasteiger partial charge in [-0.3, -0.25) is 14.5 Å². The lowest BCUT2D eigenvalue weighted by molar-refractivity contribution is 0.0652. The summed E-state index contributed by atoms with van der Waals surface area (Å²) in [4.78, 5) is 27.1. The molecule has 138 valence electrons. The van der Waals surface area contributed by atoms with Crippen LogP contribution in [0.15, 0.2) is 46.9 Å². The first-order chi connectivity index (χ1) is 13.2. The van der Waals surface area contributed by atoms with Crippen molar-refractivity contribution in [3.63, 3.8) is 0 Å². The summed E-state index contributed by atoms with van der Waals surface area (Å²) in [7, 11) is 1.97. The Bertz CT molecular complexity index is 947. The van der Waals surface area contributed by atoms with E-state index in [0.29, 0.717) is 17.7 Å². The van der Waals surface area contributed by atoms with Gasteiger partial charge in [0.1, 0.15) is 0 Å². The molecule has 0 spiro atoms. The molecule has 0 radical (unpaired) electrons. The highest BCUT2D eigenvalue weighted by molar-refractivity contribution is 7.99. The predicted molar refractivity (Wildman–Crippen MR) is 106 cm³/mol. The molecule has 2 aromatic heterocycles. The van der Waals surface area contributed by atoms with Crippen molar-refractivity contribution in [2.45, 2.75) is 18.0 Å². The maximum Gasteiger partial charge on any atom is 0.261 e. The van der Waals surface area contributed by atoms with Crippen LogP contribution in [0.1, 0.15) is 33.6 Å². The predicted octanol–water partition coefficient (Wildman–Crippen LogP) is 3.71. The summed E-state index contributed by atoms with van der Waals surface area (Å²) in [5.74, 6) is 1.37. The second kappa shape index (κ2) is 7.66. The fourth-order valence-electron chi connectivity index (χ4n) is 3.04. The molecule has 2 amide bonds. The Labute approximate surface area is 165 Å². The molecule has 3 aromatic rings. The van der Waals surface area contributed by atoms with E-state index in [1.807, 2.05) is 29.1 Å². The summed E-state index contributed by atoms with van der Waals surface area (Å²) in [5, 5.41) is 11.4. The van der Waals surface area contributed by atoms with Crippen molar-refractivity contribution in [1.29, 1.82) is 0 Å². The van der Waals surface area contributed by atoms with E-state index in [0.717, 1.165) is 34.5 Å². The highest BCUT2D eigenvalue weighted by Gasteiger charge is 2.34. The van der Waals surface area contributed by atoms with E-state index in [1.54, 1.807) is 47.4 Å². The van der Waals surface area contributed by atoms with Crippen molar-refractivity contribution >= 4 is 34.9 Å². The van der Waals surface area contributed by atoms with E-state index in [9.17, 15) is 9.59 Å². The molecular formula is C19H18N4O2S2. The van der Waals surface area contributed by atoms with Crippen molar-refractivity contribution < 1.29 is 9.59 Å². The average molecular weight is 399 g/mol. The van der Waals surface area contributed by atoms with E-state index in [1.165, 1.54) is 4.90 Å². The van der Waals surface area contributed by atoms with Gasteiger partial charge in [0, 0.05) is 19.3 Å². The SMILES string of the molecule is Cn1c(SCCCCN2C(=O)c3ccccc3C2=O)nnc1-c1cccs1. The fraction of sp³-hybridized carbons (Fsp3) is 0.263. The van der Waals surface area contributed by atoms with Crippen LogP contribution in [0.4, 0.5) is 0 Å². The number of fused-ring (bicyclic) bond motifs is 1. The van der Waals surface area contributed by atoms with Gasteiger partial charge in [-0.05, 0) is 36.4 Å². The number of benzene rings is 1. The van der Waals surface area contributed by atoms with E-state index in [4.69, 9.17) is 0 Å². The summed E-state index contributed by atoms with van der Waals surface area (Å²) in [5.41, 5.74) is 1.02. The molecule has 0 bridgehead atoms. The minimum atomic E-state index is -0.183. The minimum absolute atomic E-state index is 0.183. The lowest BCUT2D eigenvalue weighted by Gasteiger charge is -2.13. The van der Waals surface area contributed by atoms with Gasteiger partial charge in [0.05, 0.1) is 16.0 Å². The zero-order valence-corrected chi connectivity index (χ0v) is 16.4. The van der Waals surface area contributed by atoms with Crippen LogP contribution >= 0.6 is 23.1 Å². The quantitative estimate of drug-likeness (QED) is 0.345. The number of rotatable bonds is 7. The van der Waals surface area contributed by atoms with Gasteiger partial charge >= 0.3 is 0 Å². The number of imide groups is 1. The van der Waals surface area contributed by atoms with Crippen LogP contribution in [0.25, 0.3) is 10.7 Å². The minimum Gasteiger partial charge on any atom is -0.305 e. The highest BCUT2D eigenvalue weighted by Crippen LogP contribution is 2.27. The average Bonchev–Trinajstić information content (AvgIpc) is 3.38. The summed E-state index contributed by atoms with van der Waals surface area (Å²) in [6, 6.07) is 11.0. The lowest BCUT2D eigenvalue weighted by Crippen LogP contribution is -2.30. The fourth-order valence-corrected chi connectivity index (χ4v) is 4.69. The molecule has 27 heavy (non-hydrogen) atoms. The van der Waals surface area contributed by atoms with Crippen LogP contribution in [0.3, 0.4) is 0 Å². The molecular weight excluding hydrogens is 380 g/mol. The number of thioether (sulfide) groups is 1. The summed E-state index contributed by atoms with van der Waals surface area (Å²) >= 11 is 3.29. The number of aromatic nitrogens is 3. The molecule has 0 aliphatic carbocycles. The number of amides is 2. The Morgan fingerprint density at radius 1 is 1.00 bits per heavy atom. The van der Waals surface area contributed by atoms with Crippen molar-refractivity contribution in [2.24, 2.45) is 7.05 Å². The topological polar surface area (TPSA) is 68.1 Å². The smallest absolute Gasteiger partial charge is 0.261 e. The van der Waals surface area contributed by atoms with Gasteiger partial charge in [-0.1, -0.05) is 30.0 Å². The van der Waals surface area contributed by atoms with Gasteiger partial charge in [0.25, 0.3) is 11.8 Å². The summed E-state index contributed by atoms with van der Waals surface area (Å²) < 4.78 is 2.00. The van der Waals surface area contributed by atoms with Crippen LogP contribution < -0.4 is 0 Å². The molecule has 0 fully saturated rings. The van der Waals surface area contributed by atoms with Crippen LogP contribution in [0.5, 0.6) is 0 Å². The standard InChI is InChI=1S/C19H18N4O2S2/c1-22-16(15-9-6-12-26-15)20-21-19(22)27-11-5-4-10-23-17(24)13-7-2-3-8-14(13)18(23)25/h2-3,6-9,12H,4-5,10-11H2,1H3. The number of hydrogen-bond acceptors (Lipinski definition) is 6. The first kappa shape index (κ1) is 17.9. The Morgan fingerprint density at radius 3 is 2.41 bits per heavy atom. The Kier molecular flexibility index (Phi) is 5.09. The van der Waals surface area contributed by atoms with Crippen molar-refractivity contribution in [2.75, 3.05) is 12.3 Å². The molecule has 8 heteroatoms. The zero-order chi connectivity index (χ0) is 18.8. The van der Waals surface area contributed by atoms with Crippen LogP contribution in [0, 0.1) is 0 Å². The monoisotopic (exact) mass is 398 g/mol. The number of carbonyl (C=O) groups excluding carboxylic acids is 2. The molecule has 1 aromatic carbocycles. The molecule has 3 heterocycles. The Balaban J connectivity index is 1.27. The third-order valence-corrected chi connectivity index (χ3v) is 6.43.